The van der Waals surface area contributed by atoms with E-state index in [9.17, 15) is 14.9 Å². The quantitative estimate of drug-likeness (QED) is 0.179. The fourth-order valence-electron chi connectivity index (χ4n) is 6.90. The smallest absolute Gasteiger partial charge is 0.338 e. The first-order chi connectivity index (χ1) is 16.8. The summed E-state index contributed by atoms with van der Waals surface area (Å²) in [6.45, 7) is 8.76. The predicted molar refractivity (Wildman–Crippen MR) is 144 cm³/mol. The first kappa shape index (κ1) is 24.9. The summed E-state index contributed by atoms with van der Waals surface area (Å²) in [5.41, 5.74) is 3.06. The lowest BCUT2D eigenvalue weighted by Gasteiger charge is -2.36. The number of hydrogen-bond acceptors (Lipinski definition) is 6. The van der Waals surface area contributed by atoms with E-state index in [0.717, 1.165) is 18.6 Å². The van der Waals surface area contributed by atoms with Gasteiger partial charge in [-0.15, -0.1) is 0 Å². The Hall–Kier alpha value is -1.73. The highest BCUT2D eigenvalue weighted by Gasteiger charge is 2.81. The molecule has 2 saturated carbocycles. The zero-order valence-electron chi connectivity index (χ0n) is 20.7. The Kier molecular flexibility index (Phi) is 6.86. The van der Waals surface area contributed by atoms with Crippen LogP contribution in [-0.2, 0) is 4.74 Å². The molecule has 1 spiro atoms. The molecule has 0 radical (unpaired) electrons. The molecule has 7 heteroatoms. The summed E-state index contributed by atoms with van der Waals surface area (Å²) < 4.78 is 6.41. The van der Waals surface area contributed by atoms with Crippen LogP contribution in [0.1, 0.15) is 69.2 Å². The highest BCUT2D eigenvalue weighted by molar-refractivity contribution is 8.05. The third-order valence-electron chi connectivity index (χ3n) is 8.91. The van der Waals surface area contributed by atoms with Crippen LogP contribution in [0.4, 0.5) is 5.69 Å². The van der Waals surface area contributed by atoms with Gasteiger partial charge in [-0.3, -0.25) is 10.1 Å². The number of ether oxygens (including phenoxy) is 1. The third-order valence-corrected chi connectivity index (χ3v) is 12.5. The monoisotopic (exact) mass is 513 g/mol. The topological polar surface area (TPSA) is 69.4 Å². The van der Waals surface area contributed by atoms with E-state index in [2.05, 4.69) is 50.0 Å². The van der Waals surface area contributed by atoms with Crippen molar-refractivity contribution < 1.29 is 14.5 Å². The van der Waals surface area contributed by atoms with Gasteiger partial charge >= 0.3 is 5.97 Å². The van der Waals surface area contributed by atoms with Gasteiger partial charge in [-0.05, 0) is 87.3 Å². The minimum Gasteiger partial charge on any atom is -0.458 e. The van der Waals surface area contributed by atoms with Crippen LogP contribution in [0.3, 0.4) is 0 Å². The molecule has 0 unspecified atom stereocenters. The molecule has 5 nitrogen and oxygen atoms in total. The summed E-state index contributed by atoms with van der Waals surface area (Å²) in [5.74, 6) is 2.80. The average Bonchev–Trinajstić information content (AvgIpc) is 3.48. The molecule has 5 rings (SSSR count). The summed E-state index contributed by atoms with van der Waals surface area (Å²) in [4.78, 5) is 23.8. The zero-order chi connectivity index (χ0) is 24.8. The number of carbonyl (C=O) groups excluding carboxylic acids is 1. The minimum absolute atomic E-state index is 0.0230. The largest absolute Gasteiger partial charge is 0.458 e. The second-order valence-corrected chi connectivity index (χ2v) is 13.4. The molecular formula is C28H35NO4S2. The number of esters is 1. The van der Waals surface area contributed by atoms with Crippen LogP contribution >= 0.6 is 23.5 Å². The highest BCUT2D eigenvalue weighted by atomic mass is 32.2. The second kappa shape index (κ2) is 9.62. The molecule has 1 heterocycles. The number of hydrogen-bond donors (Lipinski definition) is 0. The van der Waals surface area contributed by atoms with Gasteiger partial charge in [-0.1, -0.05) is 30.7 Å². The first-order valence-electron chi connectivity index (χ1n) is 12.8. The molecule has 3 fully saturated rings. The summed E-state index contributed by atoms with van der Waals surface area (Å²) in [7, 11) is 0. The van der Waals surface area contributed by atoms with Crippen molar-refractivity contribution in [3.8, 4) is 0 Å². The number of rotatable bonds is 5. The number of nitro benzene ring substituents is 1. The lowest BCUT2D eigenvalue weighted by atomic mass is 9.77. The van der Waals surface area contributed by atoms with Gasteiger partial charge in [0.15, 0.2) is 0 Å². The number of non-ortho nitro benzene ring substituents is 1. The van der Waals surface area contributed by atoms with E-state index in [1.165, 1.54) is 67.7 Å². The average molecular weight is 514 g/mol. The molecule has 35 heavy (non-hydrogen) atoms. The maximum atomic E-state index is 13.3. The van der Waals surface area contributed by atoms with E-state index >= 15 is 0 Å². The van der Waals surface area contributed by atoms with Crippen LogP contribution in [0.15, 0.2) is 48.1 Å². The first-order valence-corrected chi connectivity index (χ1v) is 14.9. The Morgan fingerprint density at radius 3 is 2.60 bits per heavy atom. The Morgan fingerprint density at radius 2 is 1.94 bits per heavy atom. The number of benzene rings is 1. The third kappa shape index (κ3) is 4.16. The van der Waals surface area contributed by atoms with Crippen molar-refractivity contribution >= 4 is 35.2 Å². The van der Waals surface area contributed by atoms with E-state index in [0.29, 0.717) is 22.6 Å². The highest BCUT2D eigenvalue weighted by Crippen LogP contribution is 2.80. The van der Waals surface area contributed by atoms with Gasteiger partial charge < -0.3 is 4.74 Å². The van der Waals surface area contributed by atoms with Gasteiger partial charge in [0.2, 0.25) is 0 Å². The molecule has 0 amide bonds. The van der Waals surface area contributed by atoms with E-state index < -0.39 is 4.92 Å². The molecule has 3 aliphatic carbocycles. The van der Waals surface area contributed by atoms with E-state index in [-0.39, 0.29) is 27.9 Å². The molecule has 4 aliphatic rings. The Morgan fingerprint density at radius 1 is 1.17 bits per heavy atom. The van der Waals surface area contributed by atoms with Crippen molar-refractivity contribution in [3.63, 3.8) is 0 Å². The van der Waals surface area contributed by atoms with Crippen molar-refractivity contribution in [2.24, 2.45) is 17.3 Å². The van der Waals surface area contributed by atoms with Crippen molar-refractivity contribution in [1.82, 2.24) is 0 Å². The number of thioether (sulfide) groups is 2. The summed E-state index contributed by atoms with van der Waals surface area (Å²) in [5, 5.41) is 11.5. The molecular weight excluding hydrogens is 478 g/mol. The lowest BCUT2D eigenvalue weighted by Crippen LogP contribution is -2.39. The molecule has 0 bridgehead atoms. The molecule has 6 atom stereocenters. The van der Waals surface area contributed by atoms with E-state index in [4.69, 9.17) is 4.74 Å². The van der Waals surface area contributed by atoms with Gasteiger partial charge in [0.25, 0.3) is 5.69 Å². The fraction of sp³-hybridized carbons (Fsp3) is 0.607. The molecule has 0 N–H and O–H groups in total. The molecule has 1 aromatic carbocycles. The lowest BCUT2D eigenvalue weighted by molar-refractivity contribution is -0.384. The molecule has 188 valence electrons. The van der Waals surface area contributed by atoms with Crippen LogP contribution in [0.25, 0.3) is 0 Å². The standard InChI is InChI=1S/C28H35NO4S2/c1-18(2)21-16-23-27(3,24(17-21)33-26(30)20-10-12-22(13-11-20)29(31)32)28(23)25(34-14-7-15-35-28)19-8-5-4-6-9-19/h8,10-13,21,23-25H,1,4-7,9,14-17H2,2-3H3/t21-,23-,24+,25+,27-,28+/m1/s1. The van der Waals surface area contributed by atoms with Crippen LogP contribution < -0.4 is 0 Å². The maximum Gasteiger partial charge on any atom is 0.338 e. The second-order valence-electron chi connectivity index (χ2n) is 10.8. The van der Waals surface area contributed by atoms with E-state index in [1.807, 2.05) is 0 Å². The SMILES string of the molecule is C=C(C)[C@H]1C[C@H](OC(=O)c2ccc([N+](=O)[O-])cc2)[C@@]2(C)[C@@H](C1)[C@@]21SCCCS[C@H]1C1=CCCCC1. The van der Waals surface area contributed by atoms with E-state index in [1.54, 1.807) is 5.57 Å². The summed E-state index contributed by atoms with van der Waals surface area (Å²) >= 11 is 4.29. The molecule has 1 aromatic rings. The number of nitro groups is 1. The predicted octanol–water partition coefficient (Wildman–Crippen LogP) is 7.22. The summed E-state index contributed by atoms with van der Waals surface area (Å²) in [6.07, 6.45) is 10.4. The number of carbonyl (C=O) groups is 1. The zero-order valence-corrected chi connectivity index (χ0v) is 22.3. The van der Waals surface area contributed by atoms with Gasteiger partial charge in [0.05, 0.1) is 10.5 Å². The van der Waals surface area contributed by atoms with Crippen molar-refractivity contribution in [2.45, 2.75) is 74.9 Å². The van der Waals surface area contributed by atoms with Crippen LogP contribution in [0.5, 0.6) is 0 Å². The minimum atomic E-state index is -0.450. The molecule has 1 saturated heterocycles. The molecule has 1 aliphatic heterocycles. The van der Waals surface area contributed by atoms with Crippen molar-refractivity contribution in [3.05, 3.63) is 63.7 Å². The Bertz CT molecular complexity index is 1050. The van der Waals surface area contributed by atoms with Gasteiger partial charge in [-0.2, -0.15) is 23.5 Å². The van der Waals surface area contributed by atoms with Crippen LogP contribution in [0.2, 0.25) is 0 Å². The van der Waals surface area contributed by atoms with Crippen molar-refractivity contribution in [1.29, 1.82) is 0 Å². The van der Waals surface area contributed by atoms with Gasteiger partial charge in [-0.25, -0.2) is 4.79 Å². The fourth-order valence-corrected chi connectivity index (χ4v) is 11.1. The maximum absolute atomic E-state index is 13.3. The van der Waals surface area contributed by atoms with Crippen molar-refractivity contribution in [2.75, 3.05) is 11.5 Å². The van der Waals surface area contributed by atoms with Gasteiger partial charge in [0, 0.05) is 27.5 Å². The van der Waals surface area contributed by atoms with Crippen LogP contribution in [-0.4, -0.2) is 38.5 Å². The number of allylic oxidation sites excluding steroid dienone is 2. The number of fused-ring (bicyclic) bond motifs is 3. The number of nitrogens with zero attached hydrogens (tertiary/aromatic N) is 1. The van der Waals surface area contributed by atoms with Crippen LogP contribution in [0, 0.1) is 27.4 Å². The molecule has 0 aromatic heterocycles. The van der Waals surface area contributed by atoms with Gasteiger partial charge in [0.1, 0.15) is 6.10 Å². The Labute approximate surface area is 216 Å². The normalized spacial score (nSPS) is 36.5. The Balaban J connectivity index is 1.47. The summed E-state index contributed by atoms with van der Waals surface area (Å²) in [6, 6.07) is 5.77.